The van der Waals surface area contributed by atoms with Gasteiger partial charge in [-0.15, -0.1) is 0 Å². The molecule has 20 heavy (non-hydrogen) atoms. The molecule has 0 radical (unpaired) electrons. The molecule has 0 bridgehead atoms. The van der Waals surface area contributed by atoms with E-state index in [0.29, 0.717) is 10.6 Å². The number of aromatic nitrogens is 2. The summed E-state index contributed by atoms with van der Waals surface area (Å²) in [4.78, 5) is 0.128. The van der Waals surface area contributed by atoms with Gasteiger partial charge in [-0.1, -0.05) is 11.6 Å². The summed E-state index contributed by atoms with van der Waals surface area (Å²) in [6, 6.07) is 2.89. The van der Waals surface area contributed by atoms with E-state index in [1.165, 1.54) is 23.5 Å². The standard InChI is InChI=1S/C12H15ClN4O2S/c1-8-3-10(4-11(14)12(8)13)20(18,19)17(2)7-9-5-15-16-6-9/h3-6H,7,14H2,1-2H3,(H,15,16). The van der Waals surface area contributed by atoms with Crippen LogP contribution in [-0.4, -0.2) is 30.0 Å². The molecule has 1 aromatic heterocycles. The molecule has 3 N–H and O–H groups in total. The average molecular weight is 315 g/mol. The molecule has 0 saturated carbocycles. The van der Waals surface area contributed by atoms with Crippen molar-refractivity contribution in [3.8, 4) is 0 Å². The molecule has 0 atom stereocenters. The van der Waals surface area contributed by atoms with Crippen molar-refractivity contribution in [1.82, 2.24) is 14.5 Å². The van der Waals surface area contributed by atoms with Crippen molar-refractivity contribution in [1.29, 1.82) is 0 Å². The van der Waals surface area contributed by atoms with Crippen LogP contribution in [0.4, 0.5) is 5.69 Å². The third-order valence-corrected chi connectivity index (χ3v) is 5.22. The monoisotopic (exact) mass is 314 g/mol. The lowest BCUT2D eigenvalue weighted by Gasteiger charge is -2.17. The molecule has 0 spiro atoms. The Kier molecular flexibility index (Phi) is 4.03. The third kappa shape index (κ3) is 2.79. The molecule has 2 rings (SSSR count). The molecule has 108 valence electrons. The van der Waals surface area contributed by atoms with E-state index >= 15 is 0 Å². The SMILES string of the molecule is Cc1cc(S(=O)(=O)N(C)Cc2cn[nH]c2)cc(N)c1Cl. The number of sulfonamides is 1. The molecule has 1 heterocycles. The normalized spacial score (nSPS) is 12.0. The number of H-pyrrole nitrogens is 1. The van der Waals surface area contributed by atoms with Gasteiger partial charge in [-0.3, -0.25) is 5.10 Å². The Morgan fingerprint density at radius 1 is 1.45 bits per heavy atom. The Labute approximate surface area is 122 Å². The molecule has 0 aliphatic rings. The Morgan fingerprint density at radius 3 is 2.70 bits per heavy atom. The number of anilines is 1. The fraction of sp³-hybridized carbons (Fsp3) is 0.250. The molecule has 0 aliphatic carbocycles. The highest BCUT2D eigenvalue weighted by Crippen LogP contribution is 2.28. The number of nitrogen functional groups attached to an aromatic ring is 1. The Hall–Kier alpha value is -1.57. The fourth-order valence-corrected chi connectivity index (χ4v) is 3.19. The fourth-order valence-electron chi connectivity index (χ4n) is 1.80. The quantitative estimate of drug-likeness (QED) is 0.841. The van der Waals surface area contributed by atoms with Gasteiger partial charge in [-0.25, -0.2) is 8.42 Å². The predicted octanol–water partition coefficient (Wildman–Crippen LogP) is 1.77. The van der Waals surface area contributed by atoms with Crippen LogP contribution in [0.2, 0.25) is 5.02 Å². The summed E-state index contributed by atoms with van der Waals surface area (Å²) in [6.45, 7) is 1.94. The van der Waals surface area contributed by atoms with Crippen molar-refractivity contribution in [3.63, 3.8) is 0 Å². The van der Waals surface area contributed by atoms with Gasteiger partial charge in [0.2, 0.25) is 10.0 Å². The van der Waals surface area contributed by atoms with Crippen LogP contribution in [0, 0.1) is 6.92 Å². The van der Waals surface area contributed by atoms with Crippen molar-refractivity contribution >= 4 is 27.3 Å². The topological polar surface area (TPSA) is 92.1 Å². The lowest BCUT2D eigenvalue weighted by Crippen LogP contribution is -2.26. The second-order valence-electron chi connectivity index (χ2n) is 4.51. The second-order valence-corrected chi connectivity index (χ2v) is 6.93. The summed E-state index contributed by atoms with van der Waals surface area (Å²) >= 11 is 5.95. The van der Waals surface area contributed by atoms with Gasteiger partial charge < -0.3 is 5.73 Å². The van der Waals surface area contributed by atoms with Crippen LogP contribution in [0.5, 0.6) is 0 Å². The number of benzene rings is 1. The largest absolute Gasteiger partial charge is 0.397 e. The molecule has 0 aliphatic heterocycles. The van der Waals surface area contributed by atoms with Crippen molar-refractivity contribution in [3.05, 3.63) is 40.7 Å². The first-order valence-corrected chi connectivity index (χ1v) is 7.64. The third-order valence-electron chi connectivity index (χ3n) is 2.92. The van der Waals surface area contributed by atoms with Gasteiger partial charge in [-0.05, 0) is 24.6 Å². The maximum atomic E-state index is 12.5. The van der Waals surface area contributed by atoms with Crippen LogP contribution in [0.25, 0.3) is 0 Å². The second kappa shape index (κ2) is 5.43. The first-order chi connectivity index (χ1) is 9.32. The number of aromatic amines is 1. The first-order valence-electron chi connectivity index (χ1n) is 5.82. The molecule has 8 heteroatoms. The van der Waals surface area contributed by atoms with E-state index in [4.69, 9.17) is 17.3 Å². The minimum atomic E-state index is -3.62. The van der Waals surface area contributed by atoms with Crippen molar-refractivity contribution in [2.45, 2.75) is 18.4 Å². The molecule has 2 aromatic rings. The van der Waals surface area contributed by atoms with Gasteiger partial charge in [0.25, 0.3) is 0 Å². The number of nitrogens with two attached hydrogens (primary N) is 1. The summed E-state index contributed by atoms with van der Waals surface area (Å²) in [5, 5.41) is 6.81. The summed E-state index contributed by atoms with van der Waals surface area (Å²) < 4.78 is 26.2. The summed E-state index contributed by atoms with van der Waals surface area (Å²) in [5.74, 6) is 0. The van der Waals surface area contributed by atoms with Crippen LogP contribution in [0.15, 0.2) is 29.4 Å². The Balaban J connectivity index is 2.35. The summed E-state index contributed by atoms with van der Waals surface area (Å²) in [6.07, 6.45) is 3.22. The van der Waals surface area contributed by atoms with Gasteiger partial charge in [0.15, 0.2) is 0 Å². The number of nitrogens with zero attached hydrogens (tertiary/aromatic N) is 2. The van der Waals surface area contributed by atoms with Crippen LogP contribution < -0.4 is 5.73 Å². The van der Waals surface area contributed by atoms with Crippen LogP contribution in [0.1, 0.15) is 11.1 Å². The van der Waals surface area contributed by atoms with E-state index in [9.17, 15) is 8.42 Å². The number of halogens is 1. The minimum Gasteiger partial charge on any atom is -0.397 e. The van der Waals surface area contributed by atoms with Crippen molar-refractivity contribution in [2.75, 3.05) is 12.8 Å². The zero-order chi connectivity index (χ0) is 14.9. The molecule has 0 amide bonds. The van der Waals surface area contributed by atoms with E-state index in [1.54, 1.807) is 19.3 Å². The van der Waals surface area contributed by atoms with E-state index < -0.39 is 10.0 Å². The molecule has 1 aromatic carbocycles. The van der Waals surface area contributed by atoms with Gasteiger partial charge >= 0.3 is 0 Å². The summed E-state index contributed by atoms with van der Waals surface area (Å²) in [7, 11) is -2.12. The van der Waals surface area contributed by atoms with E-state index in [1.807, 2.05) is 0 Å². The number of hydrogen-bond acceptors (Lipinski definition) is 4. The number of hydrogen-bond donors (Lipinski definition) is 2. The van der Waals surface area contributed by atoms with Crippen LogP contribution in [-0.2, 0) is 16.6 Å². The highest BCUT2D eigenvalue weighted by molar-refractivity contribution is 7.89. The van der Waals surface area contributed by atoms with Crippen molar-refractivity contribution in [2.24, 2.45) is 0 Å². The van der Waals surface area contributed by atoms with Gasteiger partial charge in [0.1, 0.15) is 0 Å². The molecule has 6 nitrogen and oxygen atoms in total. The van der Waals surface area contributed by atoms with Crippen LogP contribution >= 0.6 is 11.6 Å². The van der Waals surface area contributed by atoms with Gasteiger partial charge in [0.05, 0.1) is 21.8 Å². The summed E-state index contributed by atoms with van der Waals surface area (Å²) in [5.41, 5.74) is 7.38. The zero-order valence-corrected chi connectivity index (χ0v) is 12.7. The smallest absolute Gasteiger partial charge is 0.243 e. The predicted molar refractivity (Wildman–Crippen MR) is 77.8 cm³/mol. The van der Waals surface area contributed by atoms with Gasteiger partial charge in [0, 0.05) is 25.4 Å². The zero-order valence-electron chi connectivity index (χ0n) is 11.1. The molecule has 0 saturated heterocycles. The maximum Gasteiger partial charge on any atom is 0.243 e. The Bertz CT molecular complexity index is 690. The highest BCUT2D eigenvalue weighted by Gasteiger charge is 2.22. The lowest BCUT2D eigenvalue weighted by atomic mass is 10.2. The first kappa shape index (κ1) is 14.8. The van der Waals surface area contributed by atoms with E-state index in [2.05, 4.69) is 10.2 Å². The average Bonchev–Trinajstić information content (AvgIpc) is 2.88. The Morgan fingerprint density at radius 2 is 2.15 bits per heavy atom. The van der Waals surface area contributed by atoms with Crippen LogP contribution in [0.3, 0.4) is 0 Å². The number of rotatable bonds is 4. The highest BCUT2D eigenvalue weighted by atomic mass is 35.5. The molecule has 0 fully saturated rings. The van der Waals surface area contributed by atoms with E-state index in [-0.39, 0.29) is 17.1 Å². The maximum absolute atomic E-state index is 12.5. The van der Waals surface area contributed by atoms with E-state index in [0.717, 1.165) is 5.56 Å². The van der Waals surface area contributed by atoms with Gasteiger partial charge in [-0.2, -0.15) is 9.40 Å². The lowest BCUT2D eigenvalue weighted by molar-refractivity contribution is 0.467. The molecular formula is C12H15ClN4O2S. The van der Waals surface area contributed by atoms with Crippen molar-refractivity contribution < 1.29 is 8.42 Å². The molecular weight excluding hydrogens is 300 g/mol. The minimum absolute atomic E-state index is 0.128. The number of nitrogens with one attached hydrogen (secondary N) is 1. The number of aryl methyl sites for hydroxylation is 1. The molecule has 0 unspecified atom stereocenters.